The van der Waals surface area contributed by atoms with Crippen molar-refractivity contribution in [3.63, 3.8) is 0 Å². The molecule has 0 unspecified atom stereocenters. The molecule has 2 N–H and O–H groups in total. The summed E-state index contributed by atoms with van der Waals surface area (Å²) in [5, 5.41) is 13.5. The van der Waals surface area contributed by atoms with Crippen molar-refractivity contribution in [2.45, 2.75) is 51.2 Å². The lowest BCUT2D eigenvalue weighted by molar-refractivity contribution is 0.122. The number of carbonyl (C=O) groups is 1. The van der Waals surface area contributed by atoms with Gasteiger partial charge >= 0.3 is 6.09 Å². The average molecular weight is 372 g/mol. The maximum Gasteiger partial charge on any atom is 0.407 e. The third-order valence-electron chi connectivity index (χ3n) is 3.37. The van der Waals surface area contributed by atoms with Crippen LogP contribution in [0.5, 0.6) is 0 Å². The molecule has 1 aromatic rings. The van der Waals surface area contributed by atoms with Gasteiger partial charge in [-0.15, -0.1) is 0 Å². The summed E-state index contributed by atoms with van der Waals surface area (Å²) in [7, 11) is 0. The van der Waals surface area contributed by atoms with Gasteiger partial charge < -0.3 is 15.2 Å². The quantitative estimate of drug-likeness (QED) is 0.456. The van der Waals surface area contributed by atoms with Gasteiger partial charge in [-0.2, -0.15) is 0 Å². The van der Waals surface area contributed by atoms with E-state index in [-0.39, 0.29) is 13.2 Å². The molecule has 22 heavy (non-hydrogen) atoms. The molecule has 0 aromatic heterocycles. The summed E-state index contributed by atoms with van der Waals surface area (Å²) in [6.45, 7) is 0.491. The molecule has 1 aromatic carbocycles. The third-order valence-corrected chi connectivity index (χ3v) is 3.93. The first-order valence-corrected chi connectivity index (χ1v) is 9.03. The maximum absolute atomic E-state index is 11.5. The number of aliphatic hydroxyl groups is 1. The molecule has 1 atom stereocenters. The topological polar surface area (TPSA) is 58.6 Å². The minimum Gasteiger partial charge on any atom is -0.445 e. The Morgan fingerprint density at radius 1 is 1.14 bits per heavy atom. The Balaban J connectivity index is 2.01. The zero-order valence-corrected chi connectivity index (χ0v) is 14.6. The molecule has 0 saturated heterocycles. The molecule has 0 spiro atoms. The lowest BCUT2D eigenvalue weighted by Crippen LogP contribution is -2.32. The van der Waals surface area contributed by atoms with Crippen LogP contribution in [0, 0.1) is 0 Å². The fraction of sp³-hybridized carbons (Fsp3) is 0.588. The Morgan fingerprint density at radius 3 is 2.55 bits per heavy atom. The van der Waals surface area contributed by atoms with Crippen LogP contribution in [0.2, 0.25) is 0 Å². The molecule has 0 heterocycles. The lowest BCUT2D eigenvalue weighted by Gasteiger charge is -2.12. The number of amides is 1. The molecule has 0 fully saturated rings. The number of alkyl halides is 1. The highest BCUT2D eigenvalue weighted by Crippen LogP contribution is 2.08. The minimum atomic E-state index is -0.500. The molecule has 0 aliphatic rings. The number of ether oxygens (including phenoxy) is 1. The number of hydrogen-bond donors (Lipinski definition) is 2. The second-order valence-corrected chi connectivity index (χ2v) is 6.13. The van der Waals surface area contributed by atoms with E-state index >= 15 is 0 Å². The Morgan fingerprint density at radius 2 is 1.82 bits per heavy atom. The second-order valence-electron chi connectivity index (χ2n) is 5.34. The molecule has 0 aliphatic carbocycles. The zero-order valence-electron chi connectivity index (χ0n) is 13.0. The van der Waals surface area contributed by atoms with Gasteiger partial charge in [0, 0.05) is 11.9 Å². The van der Waals surface area contributed by atoms with E-state index in [4.69, 9.17) is 4.74 Å². The predicted octanol–water partition coefficient (Wildman–Crippen LogP) is 4.01. The van der Waals surface area contributed by atoms with E-state index in [1.54, 1.807) is 0 Å². The van der Waals surface area contributed by atoms with Crippen molar-refractivity contribution < 1.29 is 14.6 Å². The molecule has 1 rings (SSSR count). The number of halogens is 1. The molecule has 5 heteroatoms. The van der Waals surface area contributed by atoms with Gasteiger partial charge in [0.1, 0.15) is 6.61 Å². The molecule has 124 valence electrons. The number of unbranched alkanes of at least 4 members (excludes halogenated alkanes) is 4. The smallest absolute Gasteiger partial charge is 0.407 e. The van der Waals surface area contributed by atoms with Gasteiger partial charge in [0.25, 0.3) is 0 Å². The number of rotatable bonds is 11. The molecule has 1 amide bonds. The molecule has 4 nitrogen and oxygen atoms in total. The van der Waals surface area contributed by atoms with Gasteiger partial charge in [-0.05, 0) is 18.4 Å². The monoisotopic (exact) mass is 371 g/mol. The average Bonchev–Trinajstić information content (AvgIpc) is 2.55. The van der Waals surface area contributed by atoms with Crippen LogP contribution in [-0.2, 0) is 11.3 Å². The third kappa shape index (κ3) is 9.79. The molecular formula is C17H26BrNO3. The van der Waals surface area contributed by atoms with Gasteiger partial charge in [0.2, 0.25) is 0 Å². The number of hydrogen-bond acceptors (Lipinski definition) is 3. The molecule has 0 radical (unpaired) electrons. The molecular weight excluding hydrogens is 346 g/mol. The summed E-state index contributed by atoms with van der Waals surface area (Å²) in [5.41, 5.74) is 0.946. The number of nitrogens with one attached hydrogen (secondary N) is 1. The van der Waals surface area contributed by atoms with Crippen molar-refractivity contribution in [1.82, 2.24) is 5.32 Å². The molecule has 0 aliphatic heterocycles. The van der Waals surface area contributed by atoms with Crippen LogP contribution in [-0.4, -0.2) is 29.2 Å². The van der Waals surface area contributed by atoms with Crippen molar-refractivity contribution in [2.24, 2.45) is 0 Å². The van der Waals surface area contributed by atoms with E-state index < -0.39 is 12.2 Å². The minimum absolute atomic E-state index is 0.245. The fourth-order valence-electron chi connectivity index (χ4n) is 2.08. The van der Waals surface area contributed by atoms with Crippen molar-refractivity contribution >= 4 is 22.0 Å². The van der Waals surface area contributed by atoms with Gasteiger partial charge in [0.15, 0.2) is 0 Å². The number of benzene rings is 1. The highest BCUT2D eigenvalue weighted by atomic mass is 79.9. The Kier molecular flexibility index (Phi) is 10.8. The summed E-state index contributed by atoms with van der Waals surface area (Å²) >= 11 is 3.41. The Labute approximate surface area is 141 Å². The molecule has 0 saturated carbocycles. The summed E-state index contributed by atoms with van der Waals surface area (Å²) in [6.07, 6.45) is 5.48. The second kappa shape index (κ2) is 12.5. The van der Waals surface area contributed by atoms with Crippen molar-refractivity contribution in [3.05, 3.63) is 35.9 Å². The first kappa shape index (κ1) is 19.0. The van der Waals surface area contributed by atoms with Crippen LogP contribution in [0.25, 0.3) is 0 Å². The SMILES string of the molecule is O=C(NC[C@H](O)CCCCCCCBr)OCc1ccccc1. The van der Waals surface area contributed by atoms with E-state index in [9.17, 15) is 9.90 Å². The van der Waals surface area contributed by atoms with Crippen LogP contribution in [0.1, 0.15) is 44.1 Å². The Hall–Kier alpha value is -1.07. The van der Waals surface area contributed by atoms with Crippen LogP contribution in [0.3, 0.4) is 0 Å². The first-order valence-electron chi connectivity index (χ1n) is 7.91. The van der Waals surface area contributed by atoms with E-state index in [0.29, 0.717) is 6.42 Å². The summed E-state index contributed by atoms with van der Waals surface area (Å²) in [4.78, 5) is 11.5. The van der Waals surface area contributed by atoms with Crippen molar-refractivity contribution in [3.8, 4) is 0 Å². The lowest BCUT2D eigenvalue weighted by atomic mass is 10.1. The summed E-state index contributed by atoms with van der Waals surface area (Å²) in [5.74, 6) is 0. The van der Waals surface area contributed by atoms with Crippen LogP contribution in [0.15, 0.2) is 30.3 Å². The normalized spacial score (nSPS) is 11.9. The van der Waals surface area contributed by atoms with Crippen molar-refractivity contribution in [2.75, 3.05) is 11.9 Å². The largest absolute Gasteiger partial charge is 0.445 e. The fourth-order valence-corrected chi connectivity index (χ4v) is 2.48. The number of aliphatic hydroxyl groups excluding tert-OH is 1. The van der Waals surface area contributed by atoms with Crippen LogP contribution >= 0.6 is 15.9 Å². The van der Waals surface area contributed by atoms with E-state index in [1.807, 2.05) is 30.3 Å². The summed E-state index contributed by atoms with van der Waals surface area (Å²) < 4.78 is 5.08. The van der Waals surface area contributed by atoms with Gasteiger partial charge in [-0.25, -0.2) is 4.79 Å². The molecule has 0 bridgehead atoms. The first-order chi connectivity index (χ1) is 10.7. The number of alkyl carbamates (subject to hydrolysis) is 1. The van der Waals surface area contributed by atoms with Crippen LogP contribution < -0.4 is 5.32 Å². The van der Waals surface area contributed by atoms with E-state index in [1.165, 1.54) is 19.3 Å². The van der Waals surface area contributed by atoms with Gasteiger partial charge in [0.05, 0.1) is 6.10 Å². The van der Waals surface area contributed by atoms with Gasteiger partial charge in [-0.1, -0.05) is 71.9 Å². The van der Waals surface area contributed by atoms with E-state index in [2.05, 4.69) is 21.2 Å². The highest BCUT2D eigenvalue weighted by Gasteiger charge is 2.07. The van der Waals surface area contributed by atoms with E-state index in [0.717, 1.165) is 23.7 Å². The maximum atomic E-state index is 11.5. The standard InChI is InChI=1S/C17H26BrNO3/c18-12-8-3-1-2-7-11-16(20)13-19-17(21)22-14-15-9-5-4-6-10-15/h4-6,9-10,16,20H,1-3,7-8,11-14H2,(H,19,21)/t16-/m1/s1. The summed E-state index contributed by atoms with van der Waals surface area (Å²) in [6, 6.07) is 9.52. The van der Waals surface area contributed by atoms with Gasteiger partial charge in [-0.3, -0.25) is 0 Å². The zero-order chi connectivity index (χ0) is 16.0. The number of carbonyl (C=O) groups excluding carboxylic acids is 1. The van der Waals surface area contributed by atoms with Crippen LogP contribution in [0.4, 0.5) is 4.79 Å². The highest BCUT2D eigenvalue weighted by molar-refractivity contribution is 9.09. The van der Waals surface area contributed by atoms with Crippen molar-refractivity contribution in [1.29, 1.82) is 0 Å². The Bertz CT molecular complexity index is 400. The predicted molar refractivity (Wildman–Crippen MR) is 92.1 cm³/mol.